The summed E-state index contributed by atoms with van der Waals surface area (Å²) in [6.07, 6.45) is 6.77. The third-order valence-electron chi connectivity index (χ3n) is 4.44. The quantitative estimate of drug-likeness (QED) is 0.798. The molecule has 1 heterocycles. The van der Waals surface area contributed by atoms with Gasteiger partial charge in [-0.15, -0.1) is 0 Å². The summed E-state index contributed by atoms with van der Waals surface area (Å²) >= 11 is 0. The summed E-state index contributed by atoms with van der Waals surface area (Å²) in [7, 11) is -3.08. The Morgan fingerprint density at radius 1 is 1.22 bits per heavy atom. The van der Waals surface area contributed by atoms with Crippen LogP contribution >= 0.6 is 0 Å². The van der Waals surface area contributed by atoms with Crippen LogP contribution < -0.4 is 10.0 Å². The van der Waals surface area contributed by atoms with E-state index in [9.17, 15) is 8.42 Å². The van der Waals surface area contributed by atoms with Crippen molar-refractivity contribution >= 4 is 10.0 Å². The molecule has 0 amide bonds. The molecule has 0 radical (unpaired) electrons. The second kappa shape index (κ2) is 5.88. The summed E-state index contributed by atoms with van der Waals surface area (Å²) in [5.74, 6) is 0.644. The lowest BCUT2D eigenvalue weighted by Gasteiger charge is -2.26. The van der Waals surface area contributed by atoms with Crippen LogP contribution in [0.5, 0.6) is 0 Å². The highest BCUT2D eigenvalue weighted by molar-refractivity contribution is 7.89. The Morgan fingerprint density at radius 3 is 2.44 bits per heavy atom. The molecule has 0 aromatic heterocycles. The average molecular weight is 274 g/mol. The van der Waals surface area contributed by atoms with Crippen molar-refractivity contribution in [2.45, 2.75) is 45.4 Å². The van der Waals surface area contributed by atoms with Gasteiger partial charge in [-0.2, -0.15) is 0 Å². The minimum atomic E-state index is -3.08. The second-order valence-corrected chi connectivity index (χ2v) is 8.17. The zero-order chi connectivity index (χ0) is 13.1. The molecule has 0 aromatic carbocycles. The lowest BCUT2D eigenvalue weighted by atomic mass is 9.89. The van der Waals surface area contributed by atoms with Gasteiger partial charge >= 0.3 is 0 Å². The molecule has 0 spiro atoms. The Bertz CT molecular complexity index is 355. The van der Waals surface area contributed by atoms with Crippen LogP contribution in [0, 0.1) is 11.3 Å². The van der Waals surface area contributed by atoms with Gasteiger partial charge in [0.15, 0.2) is 0 Å². The molecule has 0 unspecified atom stereocenters. The molecule has 106 valence electrons. The normalized spacial score (nSPS) is 25.4. The van der Waals surface area contributed by atoms with Gasteiger partial charge in [-0.25, -0.2) is 13.1 Å². The summed E-state index contributed by atoms with van der Waals surface area (Å²) in [4.78, 5) is 0. The third-order valence-corrected chi connectivity index (χ3v) is 5.94. The van der Waals surface area contributed by atoms with Crippen molar-refractivity contribution in [2.24, 2.45) is 11.3 Å². The van der Waals surface area contributed by atoms with E-state index in [1.807, 2.05) is 0 Å². The molecule has 4 nitrogen and oxygen atoms in total. The van der Waals surface area contributed by atoms with Crippen LogP contribution in [0.15, 0.2) is 0 Å². The lowest BCUT2D eigenvalue weighted by molar-refractivity contribution is 0.334. The highest BCUT2D eigenvalue weighted by atomic mass is 32.2. The van der Waals surface area contributed by atoms with E-state index in [0.717, 1.165) is 38.8 Å². The standard InChI is InChI=1S/C13H26N2O2S/c1-13(6-2-3-7-13)11-15-18(16,17)10-12-4-8-14-9-5-12/h12,14-15H,2-11H2,1H3. The van der Waals surface area contributed by atoms with E-state index in [4.69, 9.17) is 0 Å². The highest BCUT2D eigenvalue weighted by Crippen LogP contribution is 2.36. The molecule has 2 rings (SSSR count). The van der Waals surface area contributed by atoms with E-state index in [1.165, 1.54) is 12.8 Å². The second-order valence-electron chi connectivity index (χ2n) is 6.31. The van der Waals surface area contributed by atoms with Crippen molar-refractivity contribution in [3.8, 4) is 0 Å². The van der Waals surface area contributed by atoms with Gasteiger partial charge in [-0.05, 0) is 50.1 Å². The molecule has 1 saturated carbocycles. The first kappa shape index (κ1) is 14.3. The molecule has 2 N–H and O–H groups in total. The van der Waals surface area contributed by atoms with Crippen LogP contribution in [0.4, 0.5) is 0 Å². The number of sulfonamides is 1. The summed E-state index contributed by atoms with van der Waals surface area (Å²) in [6.45, 7) is 4.74. The summed E-state index contributed by atoms with van der Waals surface area (Å²) in [5.41, 5.74) is 0.196. The Balaban J connectivity index is 1.79. The predicted molar refractivity (Wildman–Crippen MR) is 74.0 cm³/mol. The van der Waals surface area contributed by atoms with Gasteiger partial charge in [0.05, 0.1) is 5.75 Å². The third kappa shape index (κ3) is 4.21. The molecule has 5 heteroatoms. The van der Waals surface area contributed by atoms with Crippen LogP contribution in [-0.2, 0) is 10.0 Å². The average Bonchev–Trinajstić information content (AvgIpc) is 2.76. The summed E-state index contributed by atoms with van der Waals surface area (Å²) in [5, 5.41) is 3.27. The van der Waals surface area contributed by atoms with Gasteiger partial charge in [0.2, 0.25) is 10.0 Å². The monoisotopic (exact) mass is 274 g/mol. The topological polar surface area (TPSA) is 58.2 Å². The van der Waals surface area contributed by atoms with Crippen LogP contribution in [-0.4, -0.2) is 33.8 Å². The molecule has 18 heavy (non-hydrogen) atoms. The summed E-state index contributed by atoms with van der Waals surface area (Å²) < 4.78 is 27.0. The molecule has 2 aliphatic rings. The van der Waals surface area contributed by atoms with E-state index in [2.05, 4.69) is 17.0 Å². The fourth-order valence-corrected chi connectivity index (χ4v) is 4.75. The molecular weight excluding hydrogens is 248 g/mol. The number of nitrogens with one attached hydrogen (secondary N) is 2. The number of rotatable bonds is 5. The zero-order valence-electron chi connectivity index (χ0n) is 11.4. The fourth-order valence-electron chi connectivity index (χ4n) is 3.11. The first-order chi connectivity index (χ1) is 8.49. The molecule has 0 atom stereocenters. The largest absolute Gasteiger partial charge is 0.317 e. The Hall–Kier alpha value is -0.130. The van der Waals surface area contributed by atoms with Crippen LogP contribution in [0.1, 0.15) is 45.4 Å². The van der Waals surface area contributed by atoms with E-state index >= 15 is 0 Å². The van der Waals surface area contributed by atoms with Crippen LogP contribution in [0.25, 0.3) is 0 Å². The van der Waals surface area contributed by atoms with Gasteiger partial charge in [0, 0.05) is 6.54 Å². The van der Waals surface area contributed by atoms with E-state index in [0.29, 0.717) is 18.2 Å². The molecule has 1 aliphatic heterocycles. The zero-order valence-corrected chi connectivity index (χ0v) is 12.2. The Labute approximate surface area is 111 Å². The smallest absolute Gasteiger partial charge is 0.211 e. The molecule has 0 aromatic rings. The number of hydrogen-bond acceptors (Lipinski definition) is 3. The van der Waals surface area contributed by atoms with E-state index in [1.54, 1.807) is 0 Å². The molecule has 1 aliphatic carbocycles. The van der Waals surface area contributed by atoms with Gasteiger partial charge in [0.1, 0.15) is 0 Å². The number of hydrogen-bond donors (Lipinski definition) is 2. The van der Waals surface area contributed by atoms with Gasteiger partial charge in [0.25, 0.3) is 0 Å². The summed E-state index contributed by atoms with van der Waals surface area (Å²) in [6, 6.07) is 0. The highest BCUT2D eigenvalue weighted by Gasteiger charge is 2.30. The minimum absolute atomic E-state index is 0.196. The van der Waals surface area contributed by atoms with Gasteiger partial charge in [-0.1, -0.05) is 19.8 Å². The maximum Gasteiger partial charge on any atom is 0.211 e. The molecule has 1 saturated heterocycles. The van der Waals surface area contributed by atoms with Crippen LogP contribution in [0.3, 0.4) is 0 Å². The molecule has 2 fully saturated rings. The SMILES string of the molecule is CC1(CNS(=O)(=O)CC2CCNCC2)CCCC1. The lowest BCUT2D eigenvalue weighted by Crippen LogP contribution is -2.39. The fraction of sp³-hybridized carbons (Fsp3) is 1.00. The molecule has 0 bridgehead atoms. The number of piperidine rings is 1. The van der Waals surface area contributed by atoms with Crippen molar-refractivity contribution in [2.75, 3.05) is 25.4 Å². The Morgan fingerprint density at radius 2 is 1.83 bits per heavy atom. The van der Waals surface area contributed by atoms with Crippen molar-refractivity contribution in [3.63, 3.8) is 0 Å². The van der Waals surface area contributed by atoms with Crippen molar-refractivity contribution in [1.29, 1.82) is 0 Å². The molecular formula is C13H26N2O2S. The van der Waals surface area contributed by atoms with E-state index in [-0.39, 0.29) is 5.41 Å². The van der Waals surface area contributed by atoms with Crippen molar-refractivity contribution in [3.05, 3.63) is 0 Å². The maximum absolute atomic E-state index is 12.1. The first-order valence-corrected chi connectivity index (χ1v) is 8.82. The first-order valence-electron chi connectivity index (χ1n) is 7.17. The van der Waals surface area contributed by atoms with E-state index < -0.39 is 10.0 Å². The van der Waals surface area contributed by atoms with Gasteiger partial charge < -0.3 is 5.32 Å². The maximum atomic E-state index is 12.1. The minimum Gasteiger partial charge on any atom is -0.317 e. The van der Waals surface area contributed by atoms with Gasteiger partial charge in [-0.3, -0.25) is 0 Å². The Kier molecular flexibility index (Phi) is 4.67. The predicted octanol–water partition coefficient (Wildman–Crippen LogP) is 1.49. The van der Waals surface area contributed by atoms with Crippen LogP contribution in [0.2, 0.25) is 0 Å². The van der Waals surface area contributed by atoms with Crippen molar-refractivity contribution < 1.29 is 8.42 Å². The van der Waals surface area contributed by atoms with Crippen molar-refractivity contribution in [1.82, 2.24) is 10.0 Å².